The van der Waals surface area contributed by atoms with Gasteiger partial charge in [0.15, 0.2) is 0 Å². The van der Waals surface area contributed by atoms with Crippen molar-refractivity contribution in [1.82, 2.24) is 0 Å². The molecule has 0 bridgehead atoms. The summed E-state index contributed by atoms with van der Waals surface area (Å²) in [5.41, 5.74) is 0.669. The number of hydrogen-bond acceptors (Lipinski definition) is 2. The van der Waals surface area contributed by atoms with Crippen LogP contribution in [0.1, 0.15) is 12.0 Å². The van der Waals surface area contributed by atoms with Crippen molar-refractivity contribution in [2.24, 2.45) is 0 Å². The third-order valence-electron chi connectivity index (χ3n) is 1.75. The standard InChI is InChI=1S/C10H12BNO/c11-6-1-7-13-10-4-2-9(8-12)3-5-10/h2-5H,1,6-7,11H2. The molecule has 0 N–H and O–H groups in total. The van der Waals surface area contributed by atoms with Crippen LogP contribution in [0.2, 0.25) is 6.32 Å². The molecule has 13 heavy (non-hydrogen) atoms. The summed E-state index contributed by atoms with van der Waals surface area (Å²) in [6.45, 7) is 0.752. The predicted molar refractivity (Wildman–Crippen MR) is 54.6 cm³/mol. The van der Waals surface area contributed by atoms with E-state index in [1.54, 1.807) is 12.1 Å². The van der Waals surface area contributed by atoms with Gasteiger partial charge in [-0.25, -0.2) is 0 Å². The number of nitrogens with zero attached hydrogens (tertiary/aromatic N) is 1. The Balaban J connectivity index is 2.46. The first-order valence-corrected chi connectivity index (χ1v) is 4.49. The van der Waals surface area contributed by atoms with E-state index in [0.717, 1.165) is 25.1 Å². The second kappa shape index (κ2) is 5.26. The van der Waals surface area contributed by atoms with E-state index in [-0.39, 0.29) is 0 Å². The summed E-state index contributed by atoms with van der Waals surface area (Å²) in [6, 6.07) is 9.25. The molecule has 0 aliphatic heterocycles. The van der Waals surface area contributed by atoms with E-state index in [9.17, 15) is 0 Å². The molecule has 0 fully saturated rings. The van der Waals surface area contributed by atoms with E-state index in [2.05, 4.69) is 13.9 Å². The minimum absolute atomic E-state index is 0.669. The molecule has 3 heteroatoms. The molecule has 66 valence electrons. The minimum atomic E-state index is 0.669. The van der Waals surface area contributed by atoms with Crippen LogP contribution in [0.3, 0.4) is 0 Å². The molecule has 1 aromatic carbocycles. The Morgan fingerprint density at radius 1 is 1.31 bits per heavy atom. The predicted octanol–water partition coefficient (Wildman–Crippen LogP) is 1.38. The summed E-state index contributed by atoms with van der Waals surface area (Å²) in [5, 5.41) is 8.55. The maximum absolute atomic E-state index is 8.55. The van der Waals surface area contributed by atoms with Crippen molar-refractivity contribution in [3.05, 3.63) is 29.8 Å². The van der Waals surface area contributed by atoms with Gasteiger partial charge in [0.05, 0.1) is 18.2 Å². The Hall–Kier alpha value is -1.43. The van der Waals surface area contributed by atoms with Gasteiger partial charge in [0.2, 0.25) is 0 Å². The van der Waals surface area contributed by atoms with Crippen LogP contribution < -0.4 is 4.74 Å². The molecule has 0 aromatic heterocycles. The Morgan fingerprint density at radius 2 is 2.00 bits per heavy atom. The normalized spacial score (nSPS) is 9.15. The van der Waals surface area contributed by atoms with Crippen molar-refractivity contribution in [3.63, 3.8) is 0 Å². The lowest BCUT2D eigenvalue weighted by molar-refractivity contribution is 0.317. The van der Waals surface area contributed by atoms with Crippen LogP contribution in [0, 0.1) is 11.3 Å². The molecule has 0 saturated carbocycles. The molecule has 0 aliphatic rings. The van der Waals surface area contributed by atoms with Crippen molar-refractivity contribution in [3.8, 4) is 11.8 Å². The van der Waals surface area contributed by atoms with E-state index < -0.39 is 0 Å². The third-order valence-corrected chi connectivity index (χ3v) is 1.75. The van der Waals surface area contributed by atoms with Gasteiger partial charge >= 0.3 is 0 Å². The zero-order chi connectivity index (χ0) is 9.52. The van der Waals surface area contributed by atoms with Gasteiger partial charge in [0.25, 0.3) is 0 Å². The van der Waals surface area contributed by atoms with Crippen molar-refractivity contribution in [2.45, 2.75) is 12.7 Å². The average Bonchev–Trinajstić information content (AvgIpc) is 2.19. The van der Waals surface area contributed by atoms with Crippen molar-refractivity contribution in [2.75, 3.05) is 6.61 Å². The number of ether oxygens (including phenoxy) is 1. The maximum atomic E-state index is 8.55. The molecule has 0 amide bonds. The van der Waals surface area contributed by atoms with E-state index >= 15 is 0 Å². The summed E-state index contributed by atoms with van der Waals surface area (Å²) < 4.78 is 5.44. The topological polar surface area (TPSA) is 33.0 Å². The lowest BCUT2D eigenvalue weighted by atomic mass is 10.0. The summed E-state index contributed by atoms with van der Waals surface area (Å²) in [4.78, 5) is 0. The van der Waals surface area contributed by atoms with Gasteiger partial charge in [-0.1, -0.05) is 6.32 Å². The molecular weight excluding hydrogens is 161 g/mol. The molecule has 0 spiro atoms. The highest BCUT2D eigenvalue weighted by atomic mass is 16.5. The summed E-state index contributed by atoms with van der Waals surface area (Å²) in [5.74, 6) is 0.840. The number of benzene rings is 1. The third kappa shape index (κ3) is 3.21. The lowest BCUT2D eigenvalue weighted by Gasteiger charge is -2.03. The molecule has 2 nitrogen and oxygen atoms in total. The first-order chi connectivity index (χ1) is 6.36. The van der Waals surface area contributed by atoms with Crippen molar-refractivity contribution >= 4 is 7.85 Å². The molecule has 0 aliphatic carbocycles. The largest absolute Gasteiger partial charge is 0.494 e. The number of rotatable bonds is 4. The van der Waals surface area contributed by atoms with E-state index in [1.165, 1.54) is 0 Å². The first kappa shape index (κ1) is 9.66. The van der Waals surface area contributed by atoms with Crippen molar-refractivity contribution in [1.29, 1.82) is 5.26 Å². The van der Waals surface area contributed by atoms with Crippen LogP contribution in [-0.2, 0) is 0 Å². The van der Waals surface area contributed by atoms with Crippen LogP contribution in [0.25, 0.3) is 0 Å². The number of hydrogen-bond donors (Lipinski definition) is 0. The fourth-order valence-corrected chi connectivity index (χ4v) is 0.960. The van der Waals surface area contributed by atoms with Gasteiger partial charge < -0.3 is 4.74 Å². The molecule has 0 unspecified atom stereocenters. The molecule has 1 aromatic rings. The summed E-state index contributed by atoms with van der Waals surface area (Å²) >= 11 is 0. The Kier molecular flexibility index (Phi) is 3.91. The monoisotopic (exact) mass is 173 g/mol. The smallest absolute Gasteiger partial charge is 0.119 e. The summed E-state index contributed by atoms with van der Waals surface area (Å²) in [7, 11) is 2.13. The molecule has 0 heterocycles. The second-order valence-electron chi connectivity index (χ2n) is 2.84. The van der Waals surface area contributed by atoms with Gasteiger partial charge in [-0.15, -0.1) is 0 Å². The van der Waals surface area contributed by atoms with Crippen LogP contribution in [0.15, 0.2) is 24.3 Å². The highest BCUT2D eigenvalue weighted by Crippen LogP contribution is 2.11. The molecule has 1 rings (SSSR count). The zero-order valence-electron chi connectivity index (χ0n) is 7.79. The Morgan fingerprint density at radius 3 is 2.54 bits per heavy atom. The van der Waals surface area contributed by atoms with E-state index in [0.29, 0.717) is 5.56 Å². The molecule has 0 atom stereocenters. The van der Waals surface area contributed by atoms with Gasteiger partial charge in [-0.05, 0) is 30.7 Å². The lowest BCUT2D eigenvalue weighted by Crippen LogP contribution is -1.96. The Bertz CT molecular complexity index is 289. The van der Waals surface area contributed by atoms with Crippen LogP contribution in [0.5, 0.6) is 5.75 Å². The minimum Gasteiger partial charge on any atom is -0.494 e. The van der Waals surface area contributed by atoms with Crippen molar-refractivity contribution < 1.29 is 4.74 Å². The molecule has 0 saturated heterocycles. The maximum Gasteiger partial charge on any atom is 0.119 e. The van der Waals surface area contributed by atoms with Gasteiger partial charge in [-0.2, -0.15) is 5.26 Å². The highest BCUT2D eigenvalue weighted by molar-refractivity contribution is 6.08. The average molecular weight is 173 g/mol. The highest BCUT2D eigenvalue weighted by Gasteiger charge is 1.93. The van der Waals surface area contributed by atoms with Crippen LogP contribution >= 0.6 is 0 Å². The SMILES string of the molecule is BCCCOc1ccc(C#N)cc1. The second-order valence-corrected chi connectivity index (χ2v) is 2.84. The van der Waals surface area contributed by atoms with Gasteiger partial charge in [0, 0.05) is 0 Å². The van der Waals surface area contributed by atoms with E-state index in [1.807, 2.05) is 12.1 Å². The first-order valence-electron chi connectivity index (χ1n) is 4.49. The number of nitriles is 1. The molecule has 0 radical (unpaired) electrons. The fourth-order valence-electron chi connectivity index (χ4n) is 0.960. The summed E-state index contributed by atoms with van der Waals surface area (Å²) in [6.07, 6.45) is 2.20. The van der Waals surface area contributed by atoms with E-state index in [4.69, 9.17) is 10.00 Å². The van der Waals surface area contributed by atoms with Crippen LogP contribution in [-0.4, -0.2) is 14.5 Å². The Labute approximate surface area is 79.5 Å². The van der Waals surface area contributed by atoms with Gasteiger partial charge in [-0.3, -0.25) is 0 Å². The van der Waals surface area contributed by atoms with Gasteiger partial charge in [0.1, 0.15) is 13.6 Å². The van der Waals surface area contributed by atoms with Crippen LogP contribution in [0.4, 0.5) is 0 Å². The fraction of sp³-hybridized carbons (Fsp3) is 0.300. The zero-order valence-corrected chi connectivity index (χ0v) is 7.79. The molecular formula is C10H12BNO. The quantitative estimate of drug-likeness (QED) is 0.508.